The zero-order valence-corrected chi connectivity index (χ0v) is 9.66. The monoisotopic (exact) mass is 203 g/mol. The van der Waals surface area contributed by atoms with Gasteiger partial charge in [-0.1, -0.05) is 0 Å². The van der Waals surface area contributed by atoms with Gasteiger partial charge in [0.15, 0.2) is 0 Å². The largest absolute Gasteiger partial charge is 0.481 e. The number of hydrogen-bond donors (Lipinski definition) is 2. The topological polar surface area (TPSA) is 60.8 Å². The average Bonchev–Trinajstić information content (AvgIpc) is 1.79. The summed E-state index contributed by atoms with van der Waals surface area (Å²) in [5.41, 5.74) is -1.57. The molecular formula is C10H21NO3. The predicted octanol–water partition coefficient (Wildman–Crippen LogP) is 0.800. The molecule has 2 N–H and O–H groups in total. The molecule has 0 atom stereocenters. The summed E-state index contributed by atoms with van der Waals surface area (Å²) in [6.07, 6.45) is 0. The van der Waals surface area contributed by atoms with E-state index in [0.717, 1.165) is 0 Å². The van der Waals surface area contributed by atoms with Crippen LogP contribution in [-0.4, -0.2) is 46.8 Å². The van der Waals surface area contributed by atoms with E-state index in [1.807, 2.05) is 11.9 Å². The highest BCUT2D eigenvalue weighted by molar-refractivity contribution is 5.73. The van der Waals surface area contributed by atoms with Gasteiger partial charge in [-0.2, -0.15) is 0 Å². The number of likely N-dealkylation sites (N-methyl/N-ethyl adjacent to an activating group) is 1. The highest BCUT2D eigenvalue weighted by Crippen LogP contribution is 2.17. The summed E-state index contributed by atoms with van der Waals surface area (Å²) in [6.45, 7) is 7.65. The lowest BCUT2D eigenvalue weighted by molar-refractivity contribution is -0.148. The van der Waals surface area contributed by atoms with E-state index in [0.29, 0.717) is 13.1 Å². The first-order valence-electron chi connectivity index (χ1n) is 4.69. The number of carbonyl (C=O) groups is 1. The van der Waals surface area contributed by atoms with Crippen LogP contribution < -0.4 is 0 Å². The Bertz CT molecular complexity index is 206. The Hall–Kier alpha value is -0.610. The fourth-order valence-electron chi connectivity index (χ4n) is 1.46. The van der Waals surface area contributed by atoms with Crippen LogP contribution in [0.25, 0.3) is 0 Å². The Labute approximate surface area is 85.5 Å². The van der Waals surface area contributed by atoms with Crippen LogP contribution in [0.5, 0.6) is 0 Å². The maximum atomic E-state index is 10.8. The van der Waals surface area contributed by atoms with E-state index < -0.39 is 17.0 Å². The summed E-state index contributed by atoms with van der Waals surface area (Å²) < 4.78 is 0. The number of carboxylic acids is 1. The Kier molecular flexibility index (Phi) is 4.09. The molecule has 0 aromatic carbocycles. The molecule has 0 bridgehead atoms. The van der Waals surface area contributed by atoms with E-state index in [4.69, 9.17) is 5.11 Å². The molecule has 0 aromatic heterocycles. The fourth-order valence-corrected chi connectivity index (χ4v) is 1.46. The van der Waals surface area contributed by atoms with Crippen molar-refractivity contribution in [3.05, 3.63) is 0 Å². The smallest absolute Gasteiger partial charge is 0.310 e. The van der Waals surface area contributed by atoms with Crippen molar-refractivity contribution in [1.82, 2.24) is 4.90 Å². The second-order valence-electron chi connectivity index (χ2n) is 5.17. The molecule has 4 nitrogen and oxygen atoms in total. The van der Waals surface area contributed by atoms with E-state index in [-0.39, 0.29) is 0 Å². The van der Waals surface area contributed by atoms with Gasteiger partial charge in [-0.25, -0.2) is 0 Å². The summed E-state index contributed by atoms with van der Waals surface area (Å²) in [4.78, 5) is 12.7. The lowest BCUT2D eigenvalue weighted by atomic mass is 9.93. The third kappa shape index (κ3) is 5.19. The SMILES string of the molecule is CN(CC(C)(C)O)CC(C)(C)C(=O)O. The number of aliphatic hydroxyl groups is 1. The van der Waals surface area contributed by atoms with E-state index in [9.17, 15) is 9.90 Å². The number of nitrogens with zero attached hydrogens (tertiary/aromatic N) is 1. The molecule has 0 aliphatic carbocycles. The normalized spacial score (nSPS) is 13.4. The van der Waals surface area contributed by atoms with E-state index in [1.165, 1.54) is 0 Å². The second-order valence-corrected chi connectivity index (χ2v) is 5.17. The average molecular weight is 203 g/mol. The molecule has 84 valence electrons. The van der Waals surface area contributed by atoms with E-state index >= 15 is 0 Å². The molecule has 0 heterocycles. The van der Waals surface area contributed by atoms with Gasteiger partial charge in [-0.05, 0) is 34.7 Å². The lowest BCUT2D eigenvalue weighted by Crippen LogP contribution is -2.43. The van der Waals surface area contributed by atoms with Gasteiger partial charge in [0, 0.05) is 13.1 Å². The lowest BCUT2D eigenvalue weighted by Gasteiger charge is -2.30. The molecule has 0 spiro atoms. The maximum absolute atomic E-state index is 10.8. The highest BCUT2D eigenvalue weighted by Gasteiger charge is 2.29. The van der Waals surface area contributed by atoms with Crippen LogP contribution >= 0.6 is 0 Å². The molecule has 0 aliphatic rings. The molecule has 0 amide bonds. The summed E-state index contributed by atoms with van der Waals surface area (Å²) in [7, 11) is 1.81. The van der Waals surface area contributed by atoms with Crippen molar-refractivity contribution in [2.24, 2.45) is 5.41 Å². The van der Waals surface area contributed by atoms with Crippen molar-refractivity contribution >= 4 is 5.97 Å². The molecule has 14 heavy (non-hydrogen) atoms. The third-order valence-electron chi connectivity index (χ3n) is 1.90. The van der Waals surface area contributed by atoms with Gasteiger partial charge in [0.05, 0.1) is 11.0 Å². The zero-order valence-electron chi connectivity index (χ0n) is 9.66. The van der Waals surface area contributed by atoms with Crippen LogP contribution in [0, 0.1) is 5.41 Å². The molecular weight excluding hydrogens is 182 g/mol. The van der Waals surface area contributed by atoms with Gasteiger partial charge in [0.1, 0.15) is 0 Å². The molecule has 0 saturated carbocycles. The molecule has 0 fully saturated rings. The van der Waals surface area contributed by atoms with Gasteiger partial charge < -0.3 is 15.1 Å². The Morgan fingerprint density at radius 2 is 1.64 bits per heavy atom. The molecule has 0 rings (SSSR count). The van der Waals surface area contributed by atoms with Gasteiger partial charge in [0.2, 0.25) is 0 Å². The summed E-state index contributed by atoms with van der Waals surface area (Å²) in [5.74, 6) is -0.819. The van der Waals surface area contributed by atoms with Crippen LogP contribution in [0.15, 0.2) is 0 Å². The zero-order chi connectivity index (χ0) is 11.6. The molecule has 0 aromatic rings. The van der Waals surface area contributed by atoms with Crippen molar-refractivity contribution in [2.45, 2.75) is 33.3 Å². The minimum absolute atomic E-state index is 0.423. The number of hydrogen-bond acceptors (Lipinski definition) is 3. The first kappa shape index (κ1) is 13.4. The van der Waals surface area contributed by atoms with E-state index in [1.54, 1.807) is 27.7 Å². The van der Waals surface area contributed by atoms with Crippen LogP contribution in [0.1, 0.15) is 27.7 Å². The van der Waals surface area contributed by atoms with Crippen molar-refractivity contribution in [3.8, 4) is 0 Å². The summed E-state index contributed by atoms with van der Waals surface area (Å²) >= 11 is 0. The van der Waals surface area contributed by atoms with Crippen LogP contribution in [0.3, 0.4) is 0 Å². The summed E-state index contributed by atoms with van der Waals surface area (Å²) in [5, 5.41) is 18.4. The quantitative estimate of drug-likeness (QED) is 0.694. The van der Waals surface area contributed by atoms with Gasteiger partial charge in [-0.15, -0.1) is 0 Å². The van der Waals surface area contributed by atoms with Crippen molar-refractivity contribution in [2.75, 3.05) is 20.1 Å². The predicted molar refractivity (Wildman–Crippen MR) is 55.2 cm³/mol. The number of aliphatic carboxylic acids is 1. The Morgan fingerprint density at radius 1 is 1.21 bits per heavy atom. The van der Waals surface area contributed by atoms with Gasteiger partial charge >= 0.3 is 5.97 Å². The third-order valence-corrected chi connectivity index (χ3v) is 1.90. The van der Waals surface area contributed by atoms with Crippen molar-refractivity contribution in [3.63, 3.8) is 0 Å². The number of carboxylic acid groups (broad SMARTS) is 1. The Morgan fingerprint density at radius 3 is 1.93 bits per heavy atom. The molecule has 0 unspecified atom stereocenters. The Balaban J connectivity index is 4.19. The first-order chi connectivity index (χ1) is 6.04. The van der Waals surface area contributed by atoms with Crippen molar-refractivity contribution < 1.29 is 15.0 Å². The van der Waals surface area contributed by atoms with Crippen LogP contribution in [0.4, 0.5) is 0 Å². The molecule has 0 aliphatic heterocycles. The molecule has 0 saturated heterocycles. The minimum atomic E-state index is -0.819. The molecule has 0 radical (unpaired) electrons. The maximum Gasteiger partial charge on any atom is 0.310 e. The highest BCUT2D eigenvalue weighted by atomic mass is 16.4. The number of rotatable bonds is 5. The van der Waals surface area contributed by atoms with Crippen LogP contribution in [0.2, 0.25) is 0 Å². The standard InChI is InChI=1S/C10H21NO3/c1-9(2,8(12)13)6-11(5)7-10(3,4)14/h14H,6-7H2,1-5H3,(H,12,13). The van der Waals surface area contributed by atoms with E-state index in [2.05, 4.69) is 0 Å². The molecule has 4 heteroatoms. The summed E-state index contributed by atoms with van der Waals surface area (Å²) in [6, 6.07) is 0. The van der Waals surface area contributed by atoms with Gasteiger partial charge in [0.25, 0.3) is 0 Å². The fraction of sp³-hybridized carbons (Fsp3) is 0.900. The minimum Gasteiger partial charge on any atom is -0.481 e. The second kappa shape index (κ2) is 4.28. The van der Waals surface area contributed by atoms with Crippen molar-refractivity contribution in [1.29, 1.82) is 0 Å². The van der Waals surface area contributed by atoms with Gasteiger partial charge in [-0.3, -0.25) is 4.79 Å². The van der Waals surface area contributed by atoms with Crippen LogP contribution in [-0.2, 0) is 4.79 Å². The first-order valence-corrected chi connectivity index (χ1v) is 4.69.